The van der Waals surface area contributed by atoms with Crippen molar-refractivity contribution in [3.63, 3.8) is 0 Å². The van der Waals surface area contributed by atoms with Gasteiger partial charge in [-0.25, -0.2) is 9.38 Å². The maximum absolute atomic E-state index is 13.7. The summed E-state index contributed by atoms with van der Waals surface area (Å²) in [6.45, 7) is 2.73. The van der Waals surface area contributed by atoms with Crippen molar-refractivity contribution in [2.75, 3.05) is 37.4 Å². The van der Waals surface area contributed by atoms with Gasteiger partial charge in [0.1, 0.15) is 5.82 Å². The first-order valence-corrected chi connectivity index (χ1v) is 9.34. The molecular weight excluding hydrogens is 353 g/mol. The molecule has 7 heteroatoms. The zero-order valence-electron chi connectivity index (χ0n) is 14.2. The highest BCUT2D eigenvalue weighted by Crippen LogP contribution is 2.19. The third-order valence-electron chi connectivity index (χ3n) is 3.74. The largest absolute Gasteiger partial charge is 0.378 e. The molecule has 2 aromatic carbocycles. The van der Waals surface area contributed by atoms with E-state index in [9.17, 15) is 9.18 Å². The van der Waals surface area contributed by atoms with Crippen molar-refractivity contribution >= 4 is 34.2 Å². The number of anilines is 1. The number of aliphatic imine (C=N–C) groups is 1. The van der Waals surface area contributed by atoms with E-state index in [1.165, 1.54) is 17.8 Å². The minimum absolute atomic E-state index is 0.150. The summed E-state index contributed by atoms with van der Waals surface area (Å²) in [7, 11) is 0. The topological polar surface area (TPSA) is 53.9 Å². The number of carbonyl (C=O) groups is 1. The van der Waals surface area contributed by atoms with E-state index in [0.29, 0.717) is 13.2 Å². The smallest absolute Gasteiger partial charge is 0.234 e. The molecule has 1 heterocycles. The van der Waals surface area contributed by atoms with Crippen LogP contribution in [-0.2, 0) is 9.53 Å². The number of hydrogen-bond acceptors (Lipinski definition) is 4. The Kier molecular flexibility index (Phi) is 6.62. The first-order valence-electron chi connectivity index (χ1n) is 8.36. The number of hydrogen-bond donors (Lipinski definition) is 1. The van der Waals surface area contributed by atoms with Gasteiger partial charge in [-0.05, 0) is 24.3 Å². The molecule has 1 fully saturated rings. The lowest BCUT2D eigenvalue weighted by atomic mass is 10.3. The minimum Gasteiger partial charge on any atom is -0.378 e. The summed E-state index contributed by atoms with van der Waals surface area (Å²) in [6, 6.07) is 15.7. The summed E-state index contributed by atoms with van der Waals surface area (Å²) in [5.41, 5.74) is 1.02. The van der Waals surface area contributed by atoms with Crippen molar-refractivity contribution < 1.29 is 13.9 Å². The molecule has 0 bridgehead atoms. The average molecular weight is 373 g/mol. The molecular formula is C19H20FN3O2S. The van der Waals surface area contributed by atoms with Crippen molar-refractivity contribution in [3.05, 3.63) is 60.4 Å². The number of para-hydroxylation sites is 2. The van der Waals surface area contributed by atoms with E-state index in [1.807, 2.05) is 30.3 Å². The molecule has 0 radical (unpaired) electrons. The molecule has 0 spiro atoms. The van der Waals surface area contributed by atoms with Crippen LogP contribution in [-0.4, -0.2) is 48.0 Å². The number of halogens is 1. The van der Waals surface area contributed by atoms with Gasteiger partial charge in [0.2, 0.25) is 5.91 Å². The van der Waals surface area contributed by atoms with Gasteiger partial charge in [-0.15, -0.1) is 0 Å². The molecule has 1 aliphatic rings. The molecule has 0 aliphatic carbocycles. The van der Waals surface area contributed by atoms with Gasteiger partial charge in [0.15, 0.2) is 5.17 Å². The number of nitrogens with zero attached hydrogens (tertiary/aromatic N) is 2. The highest BCUT2D eigenvalue weighted by Gasteiger charge is 2.17. The lowest BCUT2D eigenvalue weighted by Crippen LogP contribution is -2.39. The predicted molar refractivity (Wildman–Crippen MR) is 103 cm³/mol. The lowest BCUT2D eigenvalue weighted by molar-refractivity contribution is -0.113. The van der Waals surface area contributed by atoms with E-state index in [4.69, 9.17) is 4.74 Å². The molecule has 3 rings (SSSR count). The van der Waals surface area contributed by atoms with Gasteiger partial charge in [0.05, 0.1) is 30.3 Å². The molecule has 0 unspecified atom stereocenters. The Bertz CT molecular complexity index is 764. The zero-order valence-corrected chi connectivity index (χ0v) is 15.0. The van der Waals surface area contributed by atoms with Crippen molar-refractivity contribution in [3.8, 4) is 0 Å². The van der Waals surface area contributed by atoms with Crippen LogP contribution < -0.4 is 5.32 Å². The Morgan fingerprint density at radius 1 is 1.12 bits per heavy atom. The third-order valence-corrected chi connectivity index (χ3v) is 4.76. The van der Waals surface area contributed by atoms with Crippen LogP contribution in [0.25, 0.3) is 0 Å². The predicted octanol–water partition coefficient (Wildman–Crippen LogP) is 3.52. The fraction of sp³-hybridized carbons (Fsp3) is 0.263. The van der Waals surface area contributed by atoms with Crippen molar-refractivity contribution in [1.29, 1.82) is 0 Å². The maximum Gasteiger partial charge on any atom is 0.234 e. The van der Waals surface area contributed by atoms with Crippen LogP contribution in [0.3, 0.4) is 0 Å². The monoisotopic (exact) mass is 373 g/mol. The van der Waals surface area contributed by atoms with Crippen molar-refractivity contribution in [1.82, 2.24) is 4.90 Å². The van der Waals surface area contributed by atoms with Crippen LogP contribution in [0.15, 0.2) is 59.6 Å². The Morgan fingerprint density at radius 2 is 1.81 bits per heavy atom. The first kappa shape index (κ1) is 18.4. The second kappa shape index (κ2) is 9.35. The standard InChI is InChI=1S/C19H20FN3O2S/c20-16-8-4-5-9-17(16)22-18(24)14-26-19(23-10-12-25-13-11-23)21-15-6-2-1-3-7-15/h1-9H,10-14H2,(H,22,24). The Balaban J connectivity index is 1.66. The Morgan fingerprint density at radius 3 is 2.54 bits per heavy atom. The summed E-state index contributed by atoms with van der Waals surface area (Å²) in [6.07, 6.45) is 0. The Hall–Kier alpha value is -2.38. The summed E-state index contributed by atoms with van der Waals surface area (Å²) >= 11 is 1.34. The van der Waals surface area contributed by atoms with Crippen LogP contribution in [0.2, 0.25) is 0 Å². The number of amidine groups is 1. The van der Waals surface area contributed by atoms with E-state index in [-0.39, 0.29) is 17.3 Å². The van der Waals surface area contributed by atoms with Gasteiger partial charge in [-0.2, -0.15) is 0 Å². The number of rotatable bonds is 4. The Labute approximate surface area is 156 Å². The number of carbonyl (C=O) groups excluding carboxylic acids is 1. The van der Waals surface area contributed by atoms with E-state index in [2.05, 4.69) is 15.2 Å². The van der Waals surface area contributed by atoms with Gasteiger partial charge >= 0.3 is 0 Å². The molecule has 1 aliphatic heterocycles. The highest BCUT2D eigenvalue weighted by atomic mass is 32.2. The van der Waals surface area contributed by atoms with E-state index in [1.54, 1.807) is 18.2 Å². The summed E-state index contributed by atoms with van der Waals surface area (Å²) < 4.78 is 19.1. The third kappa shape index (κ3) is 5.31. The molecule has 0 atom stereocenters. The van der Waals surface area contributed by atoms with Gasteiger partial charge in [-0.1, -0.05) is 42.1 Å². The number of nitrogens with one attached hydrogen (secondary N) is 1. The van der Waals surface area contributed by atoms with Gasteiger partial charge in [-0.3, -0.25) is 4.79 Å². The number of ether oxygens (including phenoxy) is 1. The van der Waals surface area contributed by atoms with E-state index >= 15 is 0 Å². The van der Waals surface area contributed by atoms with Crippen LogP contribution in [0.5, 0.6) is 0 Å². The molecule has 0 saturated carbocycles. The lowest BCUT2D eigenvalue weighted by Gasteiger charge is -2.29. The fourth-order valence-electron chi connectivity index (χ4n) is 2.44. The van der Waals surface area contributed by atoms with Crippen LogP contribution in [0.4, 0.5) is 15.8 Å². The quantitative estimate of drug-likeness (QED) is 0.658. The molecule has 1 amide bonds. The van der Waals surface area contributed by atoms with Crippen molar-refractivity contribution in [2.45, 2.75) is 0 Å². The second-order valence-electron chi connectivity index (χ2n) is 5.65. The van der Waals surface area contributed by atoms with E-state index < -0.39 is 5.82 Å². The van der Waals surface area contributed by atoms with Crippen molar-refractivity contribution in [2.24, 2.45) is 4.99 Å². The highest BCUT2D eigenvalue weighted by molar-refractivity contribution is 8.14. The summed E-state index contributed by atoms with van der Waals surface area (Å²) in [5.74, 6) is -0.566. The maximum atomic E-state index is 13.7. The minimum atomic E-state index is -0.447. The van der Waals surface area contributed by atoms with Crippen LogP contribution in [0, 0.1) is 5.82 Å². The number of amides is 1. The fourth-order valence-corrected chi connectivity index (χ4v) is 3.31. The van der Waals surface area contributed by atoms with E-state index in [0.717, 1.165) is 23.9 Å². The average Bonchev–Trinajstić information content (AvgIpc) is 2.68. The summed E-state index contributed by atoms with van der Waals surface area (Å²) in [5, 5.41) is 3.37. The molecule has 1 N–H and O–H groups in total. The summed E-state index contributed by atoms with van der Waals surface area (Å²) in [4.78, 5) is 19.0. The molecule has 26 heavy (non-hydrogen) atoms. The number of morpholine rings is 1. The molecule has 2 aromatic rings. The molecule has 0 aromatic heterocycles. The number of thioether (sulfide) groups is 1. The first-order chi connectivity index (χ1) is 12.7. The molecule has 136 valence electrons. The van der Waals surface area contributed by atoms with Crippen LogP contribution >= 0.6 is 11.8 Å². The van der Waals surface area contributed by atoms with Gasteiger partial charge in [0.25, 0.3) is 0 Å². The SMILES string of the molecule is O=C(CSC(=Nc1ccccc1)N1CCOCC1)Nc1ccccc1F. The number of benzene rings is 2. The normalized spacial score (nSPS) is 15.0. The molecule has 5 nitrogen and oxygen atoms in total. The zero-order chi connectivity index (χ0) is 18.2. The van der Waals surface area contributed by atoms with Crippen LogP contribution in [0.1, 0.15) is 0 Å². The van der Waals surface area contributed by atoms with Gasteiger partial charge in [0, 0.05) is 13.1 Å². The van der Waals surface area contributed by atoms with Gasteiger partial charge < -0.3 is 15.0 Å². The second-order valence-corrected chi connectivity index (χ2v) is 6.59. The molecule has 1 saturated heterocycles.